The van der Waals surface area contributed by atoms with Gasteiger partial charge in [-0.1, -0.05) is 11.6 Å². The number of nitrogens with one attached hydrogen (secondary N) is 1. The molecule has 7 heteroatoms. The van der Waals surface area contributed by atoms with Gasteiger partial charge in [-0.3, -0.25) is 0 Å². The molecule has 0 aliphatic carbocycles. The van der Waals surface area contributed by atoms with Crippen molar-refractivity contribution in [3.05, 3.63) is 29.0 Å². The van der Waals surface area contributed by atoms with Crippen LogP contribution >= 0.6 is 11.6 Å². The SMILES string of the molecule is CS(=O)(=O)N1CCCC(CNc2ccc(Cl)cc2F)C1. The van der Waals surface area contributed by atoms with Crippen molar-refractivity contribution in [2.45, 2.75) is 12.8 Å². The Balaban J connectivity index is 1.94. The third-order valence-corrected chi connectivity index (χ3v) is 4.97. The zero-order chi connectivity index (χ0) is 14.8. The number of nitrogens with zero attached hydrogens (tertiary/aromatic N) is 1. The van der Waals surface area contributed by atoms with Crippen LogP contribution in [0.3, 0.4) is 0 Å². The van der Waals surface area contributed by atoms with E-state index in [2.05, 4.69) is 5.32 Å². The van der Waals surface area contributed by atoms with Gasteiger partial charge in [0, 0.05) is 24.7 Å². The Kier molecular flexibility index (Phi) is 4.88. The zero-order valence-corrected chi connectivity index (χ0v) is 12.8. The van der Waals surface area contributed by atoms with E-state index in [1.807, 2.05) is 0 Å². The Bertz CT molecular complexity index is 580. The quantitative estimate of drug-likeness (QED) is 0.927. The van der Waals surface area contributed by atoms with Crippen molar-refractivity contribution in [3.8, 4) is 0 Å². The molecule has 1 aromatic rings. The fourth-order valence-corrected chi connectivity index (χ4v) is 3.48. The molecule has 0 spiro atoms. The standard InChI is InChI=1S/C13H18ClFN2O2S/c1-20(18,19)17-6-2-3-10(9-17)8-16-13-5-4-11(14)7-12(13)15/h4-5,7,10,16H,2-3,6,8-9H2,1H3. The molecular formula is C13H18ClFN2O2S. The molecule has 0 saturated carbocycles. The number of rotatable bonds is 4. The molecule has 112 valence electrons. The van der Waals surface area contributed by atoms with E-state index in [1.165, 1.54) is 16.6 Å². The molecule has 2 rings (SSSR count). The van der Waals surface area contributed by atoms with Crippen LogP contribution in [0.15, 0.2) is 18.2 Å². The van der Waals surface area contributed by atoms with Gasteiger partial charge in [0.1, 0.15) is 5.82 Å². The molecule has 1 atom stereocenters. The number of piperidine rings is 1. The molecule has 1 heterocycles. The van der Waals surface area contributed by atoms with Crippen molar-refractivity contribution in [1.29, 1.82) is 0 Å². The molecule has 0 aromatic heterocycles. The monoisotopic (exact) mass is 320 g/mol. The topological polar surface area (TPSA) is 49.4 Å². The number of hydrogen-bond donors (Lipinski definition) is 1. The van der Waals surface area contributed by atoms with Gasteiger partial charge in [-0.15, -0.1) is 0 Å². The number of sulfonamides is 1. The second-order valence-electron chi connectivity index (χ2n) is 5.13. The van der Waals surface area contributed by atoms with Gasteiger partial charge in [-0.25, -0.2) is 17.1 Å². The summed E-state index contributed by atoms with van der Waals surface area (Å²) in [6.07, 6.45) is 3.00. The summed E-state index contributed by atoms with van der Waals surface area (Å²) in [5.74, 6) is -0.207. The maximum absolute atomic E-state index is 13.6. The van der Waals surface area contributed by atoms with Crippen molar-refractivity contribution in [1.82, 2.24) is 4.31 Å². The first kappa shape index (κ1) is 15.5. The average Bonchev–Trinajstić information content (AvgIpc) is 2.37. The molecule has 0 radical (unpaired) electrons. The molecule has 1 aromatic carbocycles. The van der Waals surface area contributed by atoms with E-state index >= 15 is 0 Å². The average molecular weight is 321 g/mol. The fourth-order valence-electron chi connectivity index (χ4n) is 2.38. The molecule has 1 saturated heterocycles. The third kappa shape index (κ3) is 4.07. The van der Waals surface area contributed by atoms with Gasteiger partial charge < -0.3 is 5.32 Å². The molecule has 1 aliphatic rings. The first-order valence-electron chi connectivity index (χ1n) is 6.50. The predicted octanol–water partition coefficient (Wildman–Crippen LogP) is 2.56. The Morgan fingerprint density at radius 1 is 1.50 bits per heavy atom. The highest BCUT2D eigenvalue weighted by Gasteiger charge is 2.25. The summed E-state index contributed by atoms with van der Waals surface area (Å²) in [6, 6.07) is 4.47. The van der Waals surface area contributed by atoms with Crippen LogP contribution in [0.2, 0.25) is 5.02 Å². The van der Waals surface area contributed by atoms with Crippen LogP contribution in [0.5, 0.6) is 0 Å². The molecule has 1 aliphatic heterocycles. The number of benzene rings is 1. The summed E-state index contributed by atoms with van der Waals surface area (Å²) in [5.41, 5.74) is 0.394. The lowest BCUT2D eigenvalue weighted by Crippen LogP contribution is -2.41. The second-order valence-corrected chi connectivity index (χ2v) is 7.55. The molecule has 1 N–H and O–H groups in total. The van der Waals surface area contributed by atoms with E-state index in [0.717, 1.165) is 12.8 Å². The van der Waals surface area contributed by atoms with Crippen molar-refractivity contribution >= 4 is 27.3 Å². The highest BCUT2D eigenvalue weighted by Crippen LogP contribution is 2.22. The Labute approximate surface area is 124 Å². The van der Waals surface area contributed by atoms with Gasteiger partial charge in [-0.05, 0) is 37.0 Å². The largest absolute Gasteiger partial charge is 0.382 e. The van der Waals surface area contributed by atoms with E-state index in [9.17, 15) is 12.8 Å². The van der Waals surface area contributed by atoms with E-state index in [1.54, 1.807) is 12.1 Å². The summed E-state index contributed by atoms with van der Waals surface area (Å²) in [6.45, 7) is 1.61. The van der Waals surface area contributed by atoms with Crippen LogP contribution in [0, 0.1) is 11.7 Å². The van der Waals surface area contributed by atoms with Crippen molar-refractivity contribution < 1.29 is 12.8 Å². The highest BCUT2D eigenvalue weighted by atomic mass is 35.5. The lowest BCUT2D eigenvalue weighted by Gasteiger charge is -2.31. The fraction of sp³-hybridized carbons (Fsp3) is 0.538. The molecule has 1 fully saturated rings. The maximum atomic E-state index is 13.6. The van der Waals surface area contributed by atoms with Gasteiger partial charge in [0.05, 0.1) is 11.9 Å². The number of hydrogen-bond acceptors (Lipinski definition) is 3. The Morgan fingerprint density at radius 2 is 2.25 bits per heavy atom. The van der Waals surface area contributed by atoms with Crippen LogP contribution in [-0.2, 0) is 10.0 Å². The Hall–Kier alpha value is -0.850. The summed E-state index contributed by atoms with van der Waals surface area (Å²) >= 11 is 5.69. The van der Waals surface area contributed by atoms with Crippen molar-refractivity contribution in [2.24, 2.45) is 5.92 Å². The number of anilines is 1. The third-order valence-electron chi connectivity index (χ3n) is 3.46. The minimum Gasteiger partial charge on any atom is -0.382 e. The van der Waals surface area contributed by atoms with Gasteiger partial charge in [0.25, 0.3) is 0 Å². The summed E-state index contributed by atoms with van der Waals surface area (Å²) in [5, 5.41) is 3.38. The number of halogens is 2. The van der Waals surface area contributed by atoms with Gasteiger partial charge in [0.2, 0.25) is 10.0 Å². The van der Waals surface area contributed by atoms with Gasteiger partial charge in [0.15, 0.2) is 0 Å². The summed E-state index contributed by atoms with van der Waals surface area (Å²) in [7, 11) is -3.14. The van der Waals surface area contributed by atoms with Crippen molar-refractivity contribution in [3.63, 3.8) is 0 Å². The molecule has 4 nitrogen and oxygen atoms in total. The minimum atomic E-state index is -3.14. The van der Waals surface area contributed by atoms with Crippen LogP contribution in [-0.4, -0.2) is 38.6 Å². The Morgan fingerprint density at radius 3 is 2.90 bits per heavy atom. The smallest absolute Gasteiger partial charge is 0.211 e. The molecular weight excluding hydrogens is 303 g/mol. The second kappa shape index (κ2) is 6.28. The normalized spacial score (nSPS) is 20.9. The van der Waals surface area contributed by atoms with Crippen LogP contribution in [0.4, 0.5) is 10.1 Å². The minimum absolute atomic E-state index is 0.188. The van der Waals surface area contributed by atoms with E-state index in [-0.39, 0.29) is 5.92 Å². The van der Waals surface area contributed by atoms with Crippen LogP contribution in [0.1, 0.15) is 12.8 Å². The summed E-state index contributed by atoms with van der Waals surface area (Å²) in [4.78, 5) is 0. The maximum Gasteiger partial charge on any atom is 0.211 e. The van der Waals surface area contributed by atoms with Crippen LogP contribution in [0.25, 0.3) is 0 Å². The highest BCUT2D eigenvalue weighted by molar-refractivity contribution is 7.88. The zero-order valence-electron chi connectivity index (χ0n) is 11.3. The molecule has 1 unspecified atom stereocenters. The lowest BCUT2D eigenvalue weighted by atomic mass is 9.99. The first-order valence-corrected chi connectivity index (χ1v) is 8.73. The van der Waals surface area contributed by atoms with Gasteiger partial charge >= 0.3 is 0 Å². The summed E-state index contributed by atoms with van der Waals surface area (Å²) < 4.78 is 38.2. The van der Waals surface area contributed by atoms with Crippen molar-refractivity contribution in [2.75, 3.05) is 31.2 Å². The van der Waals surface area contributed by atoms with E-state index < -0.39 is 15.8 Å². The molecule has 0 amide bonds. The molecule has 0 bridgehead atoms. The van der Waals surface area contributed by atoms with E-state index in [4.69, 9.17) is 11.6 Å². The first-order chi connectivity index (χ1) is 9.36. The van der Waals surface area contributed by atoms with Crippen LogP contribution < -0.4 is 5.32 Å². The van der Waals surface area contributed by atoms with E-state index in [0.29, 0.717) is 30.3 Å². The lowest BCUT2D eigenvalue weighted by molar-refractivity contribution is 0.276. The molecule has 20 heavy (non-hydrogen) atoms. The van der Waals surface area contributed by atoms with Gasteiger partial charge in [-0.2, -0.15) is 0 Å². The predicted molar refractivity (Wildman–Crippen MR) is 79.0 cm³/mol.